The zero-order chi connectivity index (χ0) is 20.7. The molecule has 0 atom stereocenters. The van der Waals surface area contributed by atoms with Gasteiger partial charge >= 0.3 is 0 Å². The molecular weight excluding hydrogens is 491 g/mol. The Morgan fingerprint density at radius 3 is 2.47 bits per heavy atom. The molecule has 1 fully saturated rings. The minimum atomic E-state index is 0. The van der Waals surface area contributed by atoms with Crippen LogP contribution in [0.25, 0.3) is 0 Å². The fraction of sp³-hybridized carbons (Fsp3) is 0.696. The lowest BCUT2D eigenvalue weighted by atomic mass is 10.0. The van der Waals surface area contributed by atoms with Crippen molar-refractivity contribution in [3.63, 3.8) is 0 Å². The number of ether oxygens (including phenoxy) is 2. The molecule has 1 aliphatic rings. The Bertz CT molecular complexity index is 592. The molecule has 2 rings (SSSR count). The van der Waals surface area contributed by atoms with Crippen LogP contribution >= 0.6 is 24.0 Å². The van der Waals surface area contributed by atoms with Gasteiger partial charge in [-0.3, -0.25) is 9.89 Å². The summed E-state index contributed by atoms with van der Waals surface area (Å²) in [4.78, 5) is 6.90. The monoisotopic (exact) mass is 532 g/mol. The van der Waals surface area contributed by atoms with E-state index in [0.717, 1.165) is 58.0 Å². The van der Waals surface area contributed by atoms with Crippen LogP contribution in [0.2, 0.25) is 0 Å². The van der Waals surface area contributed by atoms with Crippen molar-refractivity contribution in [3.05, 3.63) is 35.4 Å². The van der Waals surface area contributed by atoms with Crippen LogP contribution in [0, 0.1) is 6.92 Å². The molecule has 0 amide bonds. The third kappa shape index (κ3) is 10.9. The SMILES string of the molecule is CCCCOCCOCCNC(=NC)NC1CCN(Cc2ccccc2C)CC1.I. The highest BCUT2D eigenvalue weighted by atomic mass is 127. The van der Waals surface area contributed by atoms with Crippen molar-refractivity contribution in [2.24, 2.45) is 4.99 Å². The van der Waals surface area contributed by atoms with Crippen molar-refractivity contribution in [2.75, 3.05) is 53.1 Å². The topological polar surface area (TPSA) is 58.1 Å². The van der Waals surface area contributed by atoms with Crippen molar-refractivity contribution < 1.29 is 9.47 Å². The number of nitrogens with one attached hydrogen (secondary N) is 2. The summed E-state index contributed by atoms with van der Waals surface area (Å²) in [6, 6.07) is 9.16. The molecule has 172 valence electrons. The molecule has 0 aliphatic carbocycles. The second-order valence-electron chi connectivity index (χ2n) is 7.70. The average molecular weight is 533 g/mol. The molecule has 0 saturated carbocycles. The van der Waals surface area contributed by atoms with E-state index < -0.39 is 0 Å². The molecule has 1 aromatic carbocycles. The number of halogens is 1. The van der Waals surface area contributed by atoms with Gasteiger partial charge in [-0.2, -0.15) is 0 Å². The molecule has 1 aromatic rings. The standard InChI is InChI=1S/C23H40N4O2.HI/c1-4-5-15-28-17-18-29-16-12-25-23(24-3)26-22-10-13-27(14-11-22)19-21-9-7-6-8-20(21)2;/h6-9,22H,4-5,10-19H2,1-3H3,(H2,24,25,26);1H. The van der Waals surface area contributed by atoms with Gasteiger partial charge in [0.1, 0.15) is 0 Å². The normalized spacial score (nSPS) is 15.6. The Kier molecular flexibility index (Phi) is 15.2. The number of hydrogen-bond acceptors (Lipinski definition) is 4. The maximum atomic E-state index is 5.60. The molecule has 6 nitrogen and oxygen atoms in total. The van der Waals surface area contributed by atoms with Crippen molar-refractivity contribution in [1.29, 1.82) is 0 Å². The number of hydrogen-bond donors (Lipinski definition) is 2. The van der Waals surface area contributed by atoms with Crippen LogP contribution < -0.4 is 10.6 Å². The minimum Gasteiger partial charge on any atom is -0.379 e. The van der Waals surface area contributed by atoms with Gasteiger partial charge in [-0.25, -0.2) is 0 Å². The Labute approximate surface area is 200 Å². The highest BCUT2D eigenvalue weighted by Crippen LogP contribution is 2.16. The van der Waals surface area contributed by atoms with Crippen molar-refractivity contribution in [2.45, 2.75) is 52.1 Å². The molecular formula is C23H41IN4O2. The first-order valence-electron chi connectivity index (χ1n) is 11.1. The lowest BCUT2D eigenvalue weighted by Crippen LogP contribution is -2.49. The smallest absolute Gasteiger partial charge is 0.191 e. The number of likely N-dealkylation sites (tertiary alicyclic amines) is 1. The third-order valence-electron chi connectivity index (χ3n) is 5.36. The van der Waals surface area contributed by atoms with E-state index in [-0.39, 0.29) is 24.0 Å². The Balaban J connectivity index is 0.00000450. The number of unbranched alkanes of at least 4 members (excludes halogenated alkanes) is 1. The molecule has 0 aromatic heterocycles. The summed E-state index contributed by atoms with van der Waals surface area (Å²) in [5.41, 5.74) is 2.82. The maximum Gasteiger partial charge on any atom is 0.191 e. The van der Waals surface area contributed by atoms with Gasteiger partial charge in [-0.05, 0) is 37.3 Å². The van der Waals surface area contributed by atoms with Crippen LogP contribution in [-0.2, 0) is 16.0 Å². The van der Waals surface area contributed by atoms with Crippen LogP contribution in [0.15, 0.2) is 29.3 Å². The van der Waals surface area contributed by atoms with E-state index in [1.165, 1.54) is 17.5 Å². The fourth-order valence-corrected chi connectivity index (χ4v) is 3.46. The fourth-order valence-electron chi connectivity index (χ4n) is 3.46. The molecule has 0 unspecified atom stereocenters. The predicted octanol–water partition coefficient (Wildman–Crippen LogP) is 3.58. The summed E-state index contributed by atoms with van der Waals surface area (Å²) >= 11 is 0. The number of piperidine rings is 1. The number of guanidine groups is 1. The molecule has 30 heavy (non-hydrogen) atoms. The second kappa shape index (κ2) is 16.8. The van der Waals surface area contributed by atoms with Crippen LogP contribution in [-0.4, -0.2) is 70.0 Å². The van der Waals surface area contributed by atoms with Crippen LogP contribution in [0.5, 0.6) is 0 Å². The lowest BCUT2D eigenvalue weighted by molar-refractivity contribution is 0.0487. The summed E-state index contributed by atoms with van der Waals surface area (Å²) in [5.74, 6) is 0.866. The van der Waals surface area contributed by atoms with E-state index in [0.29, 0.717) is 25.9 Å². The summed E-state index contributed by atoms with van der Waals surface area (Å²) in [6.45, 7) is 11.2. The highest BCUT2D eigenvalue weighted by molar-refractivity contribution is 14.0. The van der Waals surface area contributed by atoms with Crippen LogP contribution in [0.4, 0.5) is 0 Å². The maximum absolute atomic E-state index is 5.60. The van der Waals surface area contributed by atoms with Gasteiger partial charge in [0.05, 0.1) is 19.8 Å². The Morgan fingerprint density at radius 1 is 1.10 bits per heavy atom. The second-order valence-corrected chi connectivity index (χ2v) is 7.70. The lowest BCUT2D eigenvalue weighted by Gasteiger charge is -2.33. The van der Waals surface area contributed by atoms with E-state index in [1.54, 1.807) is 0 Å². The summed E-state index contributed by atoms with van der Waals surface area (Å²) in [5, 5.41) is 6.90. The first kappa shape index (κ1) is 27.1. The van der Waals surface area contributed by atoms with Gasteiger partial charge < -0.3 is 20.1 Å². The molecule has 1 aliphatic heterocycles. The zero-order valence-electron chi connectivity index (χ0n) is 19.0. The van der Waals surface area contributed by atoms with Crippen LogP contribution in [0.1, 0.15) is 43.7 Å². The van der Waals surface area contributed by atoms with E-state index >= 15 is 0 Å². The largest absolute Gasteiger partial charge is 0.379 e. The summed E-state index contributed by atoms with van der Waals surface area (Å²) in [6.07, 6.45) is 4.56. The zero-order valence-corrected chi connectivity index (χ0v) is 21.3. The number of benzene rings is 1. The molecule has 7 heteroatoms. The molecule has 1 heterocycles. The summed E-state index contributed by atoms with van der Waals surface area (Å²) < 4.78 is 11.1. The number of aliphatic imine (C=N–C) groups is 1. The van der Waals surface area contributed by atoms with Gasteiger partial charge in [-0.1, -0.05) is 37.6 Å². The first-order chi connectivity index (χ1) is 14.2. The first-order valence-corrected chi connectivity index (χ1v) is 11.1. The van der Waals surface area contributed by atoms with E-state index in [2.05, 4.69) is 58.6 Å². The number of rotatable bonds is 12. The summed E-state index contributed by atoms with van der Waals surface area (Å²) in [7, 11) is 1.82. The minimum absolute atomic E-state index is 0. The van der Waals surface area contributed by atoms with Gasteiger partial charge in [0.15, 0.2) is 5.96 Å². The predicted molar refractivity (Wildman–Crippen MR) is 136 cm³/mol. The van der Waals surface area contributed by atoms with Gasteiger partial charge in [0, 0.05) is 45.9 Å². The Hall–Kier alpha value is -0.900. The number of aryl methyl sites for hydroxylation is 1. The van der Waals surface area contributed by atoms with Crippen LogP contribution in [0.3, 0.4) is 0 Å². The molecule has 2 N–H and O–H groups in total. The van der Waals surface area contributed by atoms with Crippen molar-refractivity contribution in [3.8, 4) is 0 Å². The van der Waals surface area contributed by atoms with Gasteiger partial charge in [0.25, 0.3) is 0 Å². The van der Waals surface area contributed by atoms with E-state index in [4.69, 9.17) is 9.47 Å². The van der Waals surface area contributed by atoms with Gasteiger partial charge in [0.2, 0.25) is 0 Å². The molecule has 0 bridgehead atoms. The van der Waals surface area contributed by atoms with E-state index in [1.807, 2.05) is 7.05 Å². The Morgan fingerprint density at radius 2 is 1.80 bits per heavy atom. The van der Waals surface area contributed by atoms with Crippen molar-refractivity contribution >= 4 is 29.9 Å². The molecule has 1 saturated heterocycles. The molecule has 0 radical (unpaired) electrons. The molecule has 0 spiro atoms. The third-order valence-corrected chi connectivity index (χ3v) is 5.36. The average Bonchev–Trinajstić information content (AvgIpc) is 2.74. The highest BCUT2D eigenvalue weighted by Gasteiger charge is 2.20. The van der Waals surface area contributed by atoms with Crippen molar-refractivity contribution in [1.82, 2.24) is 15.5 Å². The quantitative estimate of drug-likeness (QED) is 0.187. The number of nitrogens with zero attached hydrogens (tertiary/aromatic N) is 2. The van der Waals surface area contributed by atoms with Gasteiger partial charge in [-0.15, -0.1) is 24.0 Å². The van der Waals surface area contributed by atoms with E-state index in [9.17, 15) is 0 Å².